The maximum absolute atomic E-state index is 12.9. The van der Waals surface area contributed by atoms with E-state index in [1.54, 1.807) is 24.3 Å². The first-order chi connectivity index (χ1) is 11.9. The third-order valence-electron chi connectivity index (χ3n) is 5.00. The molecule has 0 N–H and O–H groups in total. The van der Waals surface area contributed by atoms with E-state index in [1.165, 1.54) is 4.31 Å². The largest absolute Gasteiger partial charge is 0.340 e. The summed E-state index contributed by atoms with van der Waals surface area (Å²) < 4.78 is 28.0. The van der Waals surface area contributed by atoms with E-state index in [4.69, 9.17) is 0 Å². The summed E-state index contributed by atoms with van der Waals surface area (Å²) in [6.07, 6.45) is 1.48. The van der Waals surface area contributed by atoms with Gasteiger partial charge in [-0.05, 0) is 44.2 Å². The van der Waals surface area contributed by atoms with Crippen LogP contribution in [0, 0.1) is 5.92 Å². The third kappa shape index (κ3) is 4.24. The average molecular weight is 430 g/mol. The second-order valence-electron chi connectivity index (χ2n) is 6.78. The second kappa shape index (κ2) is 7.73. The molecule has 0 spiro atoms. The Hall–Kier alpha value is -0.960. The number of carbonyl (C=O) groups excluding carboxylic acids is 1. The summed E-state index contributed by atoms with van der Waals surface area (Å²) in [7, 11) is -1.50. The Kier molecular flexibility index (Phi) is 5.82. The van der Waals surface area contributed by atoms with Crippen LogP contribution < -0.4 is 0 Å². The second-order valence-corrected chi connectivity index (χ2v) is 9.64. The van der Waals surface area contributed by atoms with Crippen LogP contribution in [0.5, 0.6) is 0 Å². The Morgan fingerprint density at radius 1 is 1.08 bits per heavy atom. The summed E-state index contributed by atoms with van der Waals surface area (Å²) in [6, 6.07) is 6.66. The van der Waals surface area contributed by atoms with Crippen molar-refractivity contribution in [3.63, 3.8) is 0 Å². The molecule has 25 heavy (non-hydrogen) atoms. The number of piperazine rings is 1. The van der Waals surface area contributed by atoms with Crippen molar-refractivity contribution < 1.29 is 13.2 Å². The molecule has 1 atom stereocenters. The quantitative estimate of drug-likeness (QED) is 0.732. The number of benzene rings is 1. The minimum absolute atomic E-state index is 0.101. The van der Waals surface area contributed by atoms with Crippen molar-refractivity contribution in [1.29, 1.82) is 0 Å². The first-order valence-corrected chi connectivity index (χ1v) is 10.8. The fourth-order valence-electron chi connectivity index (χ4n) is 3.40. The molecule has 2 heterocycles. The van der Waals surface area contributed by atoms with Gasteiger partial charge in [0, 0.05) is 43.7 Å². The summed E-state index contributed by atoms with van der Waals surface area (Å²) in [5.74, 6) is -0.133. The Labute approximate surface area is 158 Å². The van der Waals surface area contributed by atoms with Gasteiger partial charge >= 0.3 is 0 Å². The molecule has 0 bridgehead atoms. The van der Waals surface area contributed by atoms with Gasteiger partial charge in [0.2, 0.25) is 15.9 Å². The van der Waals surface area contributed by atoms with Crippen LogP contribution in [-0.4, -0.2) is 74.7 Å². The lowest BCUT2D eigenvalue weighted by atomic mass is 9.98. The summed E-state index contributed by atoms with van der Waals surface area (Å²) in [5, 5.41) is 0. The third-order valence-corrected chi connectivity index (χ3v) is 7.41. The molecule has 2 aliphatic heterocycles. The standard InChI is InChI=1S/C17H24BrN3O3S/c1-19-9-11-20(12-10-19)17(22)14-3-2-8-21(13-14)25(23,24)16-6-4-15(18)5-7-16/h4-7,14H,2-3,8-13H2,1H3/t14-/m0/s1. The molecule has 8 heteroatoms. The highest BCUT2D eigenvalue weighted by Gasteiger charge is 2.35. The van der Waals surface area contributed by atoms with Crippen molar-refractivity contribution in [3.8, 4) is 0 Å². The van der Waals surface area contributed by atoms with Crippen LogP contribution in [0.4, 0.5) is 0 Å². The molecule has 0 unspecified atom stereocenters. The number of halogens is 1. The van der Waals surface area contributed by atoms with Crippen LogP contribution in [0.3, 0.4) is 0 Å². The topological polar surface area (TPSA) is 60.9 Å². The van der Waals surface area contributed by atoms with Gasteiger partial charge < -0.3 is 9.80 Å². The number of hydrogen-bond acceptors (Lipinski definition) is 4. The van der Waals surface area contributed by atoms with Crippen molar-refractivity contribution >= 4 is 31.9 Å². The maximum atomic E-state index is 12.9. The summed E-state index contributed by atoms with van der Waals surface area (Å²) in [4.78, 5) is 17.2. The van der Waals surface area contributed by atoms with Gasteiger partial charge in [-0.15, -0.1) is 0 Å². The van der Waals surface area contributed by atoms with Crippen LogP contribution in [0.25, 0.3) is 0 Å². The number of sulfonamides is 1. The zero-order valence-corrected chi connectivity index (χ0v) is 16.8. The Bertz CT molecular complexity index is 715. The molecule has 0 radical (unpaired) electrons. The van der Waals surface area contributed by atoms with Gasteiger partial charge in [-0.3, -0.25) is 4.79 Å². The van der Waals surface area contributed by atoms with Gasteiger partial charge in [0.15, 0.2) is 0 Å². The van der Waals surface area contributed by atoms with Gasteiger partial charge in [-0.1, -0.05) is 15.9 Å². The lowest BCUT2D eigenvalue weighted by Gasteiger charge is -2.37. The summed E-state index contributed by atoms with van der Waals surface area (Å²) in [6.45, 7) is 3.96. The lowest BCUT2D eigenvalue weighted by Crippen LogP contribution is -2.52. The van der Waals surface area contributed by atoms with Crippen molar-refractivity contribution in [2.75, 3.05) is 46.3 Å². The summed E-state index contributed by atoms with van der Waals surface area (Å²) in [5.41, 5.74) is 0. The monoisotopic (exact) mass is 429 g/mol. The number of rotatable bonds is 3. The normalized spacial score (nSPS) is 23.6. The molecule has 0 saturated carbocycles. The molecular weight excluding hydrogens is 406 g/mol. The molecule has 0 aliphatic carbocycles. The fourth-order valence-corrected chi connectivity index (χ4v) is 5.19. The molecule has 2 saturated heterocycles. The van der Waals surface area contributed by atoms with Gasteiger partial charge in [0.1, 0.15) is 0 Å². The van der Waals surface area contributed by atoms with E-state index in [-0.39, 0.29) is 23.3 Å². The van der Waals surface area contributed by atoms with Crippen molar-refractivity contribution in [3.05, 3.63) is 28.7 Å². The van der Waals surface area contributed by atoms with E-state index < -0.39 is 10.0 Å². The molecule has 2 aliphatic rings. The Morgan fingerprint density at radius 2 is 1.72 bits per heavy atom. The van der Waals surface area contributed by atoms with Crippen LogP contribution in [0.15, 0.2) is 33.6 Å². The minimum Gasteiger partial charge on any atom is -0.340 e. The predicted octanol–water partition coefficient (Wildman–Crippen LogP) is 1.62. The molecule has 138 valence electrons. The lowest BCUT2D eigenvalue weighted by molar-refractivity contribution is -0.138. The van der Waals surface area contributed by atoms with Gasteiger partial charge in [-0.2, -0.15) is 4.31 Å². The molecule has 1 aromatic rings. The number of likely N-dealkylation sites (N-methyl/N-ethyl adjacent to an activating group) is 1. The highest BCUT2D eigenvalue weighted by atomic mass is 79.9. The van der Waals surface area contributed by atoms with Crippen LogP contribution in [-0.2, 0) is 14.8 Å². The number of amides is 1. The van der Waals surface area contributed by atoms with Crippen molar-refractivity contribution in [2.24, 2.45) is 5.92 Å². The highest BCUT2D eigenvalue weighted by molar-refractivity contribution is 9.10. The SMILES string of the molecule is CN1CCN(C(=O)[C@H]2CCCN(S(=O)(=O)c3ccc(Br)cc3)C2)CC1. The summed E-state index contributed by atoms with van der Waals surface area (Å²) >= 11 is 3.32. The maximum Gasteiger partial charge on any atom is 0.243 e. The molecule has 2 fully saturated rings. The molecule has 1 aromatic carbocycles. The predicted molar refractivity (Wildman–Crippen MR) is 99.7 cm³/mol. The van der Waals surface area contributed by atoms with Gasteiger partial charge in [0.25, 0.3) is 0 Å². The Balaban J connectivity index is 1.70. The van der Waals surface area contributed by atoms with Crippen molar-refractivity contribution in [2.45, 2.75) is 17.7 Å². The highest BCUT2D eigenvalue weighted by Crippen LogP contribution is 2.26. The van der Waals surface area contributed by atoms with E-state index in [0.717, 1.165) is 43.5 Å². The van der Waals surface area contributed by atoms with Crippen LogP contribution in [0.1, 0.15) is 12.8 Å². The first kappa shape index (κ1) is 18.8. The smallest absolute Gasteiger partial charge is 0.243 e. The molecule has 0 aromatic heterocycles. The number of hydrogen-bond donors (Lipinski definition) is 0. The molecular formula is C17H24BrN3O3S. The molecule has 3 rings (SSSR count). The Morgan fingerprint density at radius 3 is 2.36 bits per heavy atom. The average Bonchev–Trinajstić information content (AvgIpc) is 2.62. The van der Waals surface area contributed by atoms with E-state index in [2.05, 4.69) is 27.9 Å². The molecule has 1 amide bonds. The zero-order chi connectivity index (χ0) is 18.0. The first-order valence-electron chi connectivity index (χ1n) is 8.61. The number of carbonyl (C=O) groups is 1. The minimum atomic E-state index is -3.55. The van der Waals surface area contributed by atoms with Crippen LogP contribution in [0.2, 0.25) is 0 Å². The van der Waals surface area contributed by atoms with E-state index in [9.17, 15) is 13.2 Å². The van der Waals surface area contributed by atoms with E-state index in [1.807, 2.05) is 4.90 Å². The van der Waals surface area contributed by atoms with Crippen LogP contribution >= 0.6 is 15.9 Å². The van der Waals surface area contributed by atoms with E-state index in [0.29, 0.717) is 6.54 Å². The fraction of sp³-hybridized carbons (Fsp3) is 0.588. The van der Waals surface area contributed by atoms with E-state index >= 15 is 0 Å². The zero-order valence-electron chi connectivity index (χ0n) is 14.4. The van der Waals surface area contributed by atoms with Gasteiger partial charge in [0.05, 0.1) is 10.8 Å². The molecule has 6 nitrogen and oxygen atoms in total. The van der Waals surface area contributed by atoms with Gasteiger partial charge in [-0.25, -0.2) is 8.42 Å². The number of piperidine rings is 1. The number of nitrogens with zero attached hydrogens (tertiary/aromatic N) is 3. The van der Waals surface area contributed by atoms with Crippen molar-refractivity contribution in [1.82, 2.24) is 14.1 Å².